The number of nitrogens with one attached hydrogen (secondary N) is 1. The molecule has 2 aromatic rings. The van der Waals surface area contributed by atoms with E-state index in [-0.39, 0.29) is 11.1 Å². The number of aromatic nitrogens is 2. The largest absolute Gasteiger partial charge is 0.444 e. The van der Waals surface area contributed by atoms with E-state index >= 15 is 0 Å². The van der Waals surface area contributed by atoms with Gasteiger partial charge < -0.3 is 20.1 Å². The van der Waals surface area contributed by atoms with E-state index in [1.807, 2.05) is 0 Å². The number of anilines is 2. The minimum Gasteiger partial charge on any atom is -0.444 e. The topological polar surface area (TPSA) is 90.2 Å². The molecule has 4 aliphatic rings. The van der Waals surface area contributed by atoms with Crippen molar-refractivity contribution in [2.24, 2.45) is 0 Å². The minimum atomic E-state index is -1.05. The number of ether oxygens (including phenoxy) is 1. The Bertz CT molecular complexity index is 1030. The smallest absolute Gasteiger partial charge is 0.227 e. The van der Waals surface area contributed by atoms with Crippen LogP contribution < -0.4 is 10.2 Å². The van der Waals surface area contributed by atoms with Crippen molar-refractivity contribution in [2.75, 3.05) is 35.7 Å². The van der Waals surface area contributed by atoms with Gasteiger partial charge in [0.15, 0.2) is 6.61 Å². The summed E-state index contributed by atoms with van der Waals surface area (Å²) in [6, 6.07) is 8.55. The fourth-order valence-electron chi connectivity index (χ4n) is 5.02. The fraction of sp³-hybridized carbons (Fsp3) is 0.545. The number of nitrogens with zero attached hydrogens (tertiary/aromatic N) is 3. The molecule has 4 heterocycles. The van der Waals surface area contributed by atoms with Gasteiger partial charge in [0.25, 0.3) is 0 Å². The number of piperidine rings is 1. The van der Waals surface area contributed by atoms with Crippen LogP contribution in [0.4, 0.5) is 11.8 Å². The Morgan fingerprint density at radius 1 is 1.17 bits per heavy atom. The second-order valence-corrected chi connectivity index (χ2v) is 10.5. The van der Waals surface area contributed by atoms with Crippen molar-refractivity contribution in [2.45, 2.75) is 54.7 Å². The molecule has 1 spiro atoms. The number of hydrogen-bond donors (Lipinski definition) is 1. The number of hydrogen-bond acceptors (Lipinski definition) is 6. The quantitative estimate of drug-likeness (QED) is 0.749. The van der Waals surface area contributed by atoms with Gasteiger partial charge in [-0.2, -0.15) is 4.98 Å². The van der Waals surface area contributed by atoms with Gasteiger partial charge in [0, 0.05) is 25.3 Å². The molecule has 1 unspecified atom stereocenters. The van der Waals surface area contributed by atoms with Crippen molar-refractivity contribution >= 4 is 22.6 Å². The van der Waals surface area contributed by atoms with Crippen LogP contribution in [0.1, 0.15) is 42.5 Å². The third-order valence-electron chi connectivity index (χ3n) is 7.12. The van der Waals surface area contributed by atoms with Crippen LogP contribution in [0, 0.1) is 0 Å². The van der Waals surface area contributed by atoms with E-state index in [0.717, 1.165) is 61.7 Å². The summed E-state index contributed by atoms with van der Waals surface area (Å²) in [7, 11) is -1.05. The zero-order chi connectivity index (χ0) is 20.3. The Labute approximate surface area is 178 Å². The molecule has 1 aliphatic carbocycles. The van der Waals surface area contributed by atoms with E-state index in [0.29, 0.717) is 24.8 Å². The van der Waals surface area contributed by atoms with E-state index < -0.39 is 10.8 Å². The lowest BCUT2D eigenvalue weighted by molar-refractivity contribution is -0.0552. The monoisotopic (exact) mass is 427 g/mol. The molecular formula is C22H27N4O3S+. The van der Waals surface area contributed by atoms with Crippen LogP contribution >= 0.6 is 0 Å². The summed E-state index contributed by atoms with van der Waals surface area (Å²) >= 11 is 0. The van der Waals surface area contributed by atoms with Crippen LogP contribution in [-0.4, -0.2) is 50.3 Å². The number of aryl methyl sites for hydroxylation is 1. The highest BCUT2D eigenvalue weighted by Crippen LogP contribution is 2.45. The Kier molecular flexibility index (Phi) is 4.20. The van der Waals surface area contributed by atoms with E-state index in [1.54, 1.807) is 0 Å². The number of rotatable bonds is 4. The summed E-state index contributed by atoms with van der Waals surface area (Å²) < 4.78 is 18.9. The first-order valence-electron chi connectivity index (χ1n) is 10.8. The first kappa shape index (κ1) is 18.7. The summed E-state index contributed by atoms with van der Waals surface area (Å²) in [5.74, 6) is 2.03. The van der Waals surface area contributed by atoms with Gasteiger partial charge in [0.05, 0.1) is 28.7 Å². The predicted octanol–water partition coefficient (Wildman–Crippen LogP) is 1.84. The molecule has 1 aromatic carbocycles. The highest BCUT2D eigenvalue weighted by atomic mass is 32.2. The molecule has 1 aromatic heterocycles. The predicted molar refractivity (Wildman–Crippen MR) is 115 cm³/mol. The Hall–Kier alpha value is -2.03. The molecular weight excluding hydrogens is 400 g/mol. The molecule has 30 heavy (non-hydrogen) atoms. The summed E-state index contributed by atoms with van der Waals surface area (Å²) in [4.78, 5) is 12.7. The van der Waals surface area contributed by atoms with Gasteiger partial charge in [-0.1, -0.05) is 24.3 Å². The molecule has 1 saturated heterocycles. The van der Waals surface area contributed by atoms with Gasteiger partial charge in [0.1, 0.15) is 16.3 Å². The van der Waals surface area contributed by atoms with E-state index in [4.69, 9.17) is 19.8 Å². The molecule has 0 radical (unpaired) electrons. The van der Waals surface area contributed by atoms with Crippen molar-refractivity contribution < 1.29 is 14.1 Å². The average Bonchev–Trinajstić information content (AvgIpc) is 3.33. The maximum atomic E-state index is 12.6. The number of fused-ring (bicyclic) bond motifs is 3. The molecule has 3 aliphatic heterocycles. The van der Waals surface area contributed by atoms with Crippen molar-refractivity contribution in [1.29, 1.82) is 0 Å². The second-order valence-electron chi connectivity index (χ2n) is 8.96. The summed E-state index contributed by atoms with van der Waals surface area (Å²) in [6.45, 7) is 2.68. The maximum Gasteiger partial charge on any atom is 0.227 e. The van der Waals surface area contributed by atoms with Crippen molar-refractivity contribution in [3.63, 3.8) is 0 Å². The lowest BCUT2D eigenvalue weighted by Crippen LogP contribution is -2.43. The van der Waals surface area contributed by atoms with Crippen molar-refractivity contribution in [3.05, 3.63) is 41.1 Å². The average molecular weight is 428 g/mol. The first-order chi connectivity index (χ1) is 14.6. The first-order valence-corrected chi connectivity index (χ1v) is 12.1. The third-order valence-corrected chi connectivity index (χ3v) is 8.58. The van der Waals surface area contributed by atoms with Crippen LogP contribution in [0.3, 0.4) is 0 Å². The van der Waals surface area contributed by atoms with Gasteiger partial charge in [-0.25, -0.2) is 4.98 Å². The van der Waals surface area contributed by atoms with Gasteiger partial charge in [-0.3, -0.25) is 4.21 Å². The lowest BCUT2D eigenvalue weighted by Gasteiger charge is -2.39. The second kappa shape index (κ2) is 6.73. The zero-order valence-corrected chi connectivity index (χ0v) is 17.8. The molecule has 0 amide bonds. The fourth-order valence-corrected chi connectivity index (χ4v) is 6.33. The van der Waals surface area contributed by atoms with Gasteiger partial charge in [-0.05, 0) is 36.8 Å². The molecule has 2 fully saturated rings. The van der Waals surface area contributed by atoms with Crippen LogP contribution in [0.15, 0.2) is 29.2 Å². The molecule has 6 rings (SSSR count). The van der Waals surface area contributed by atoms with Crippen LogP contribution in [0.5, 0.6) is 0 Å². The zero-order valence-electron chi connectivity index (χ0n) is 16.9. The van der Waals surface area contributed by atoms with E-state index in [1.165, 1.54) is 11.1 Å². The van der Waals surface area contributed by atoms with Crippen LogP contribution in [0.2, 0.25) is 0 Å². The molecule has 1 atom stereocenters. The minimum absolute atomic E-state index is 0.185. The Balaban J connectivity index is 1.28. The molecule has 3 N–H and O–H groups in total. The lowest BCUT2D eigenvalue weighted by atomic mass is 9.84. The summed E-state index contributed by atoms with van der Waals surface area (Å²) in [5.41, 5.74) is 3.17. The Morgan fingerprint density at radius 3 is 2.73 bits per heavy atom. The van der Waals surface area contributed by atoms with Crippen LogP contribution in [0.25, 0.3) is 0 Å². The summed E-state index contributed by atoms with van der Waals surface area (Å²) in [6.07, 6.45) is 4.50. The summed E-state index contributed by atoms with van der Waals surface area (Å²) in [5, 5.41) is 11.3. The van der Waals surface area contributed by atoms with E-state index in [2.05, 4.69) is 34.5 Å². The SMILES string of the molecule is O=S1CCc2nc(N3CCC4(CC3)OCc3ccccc34)nc(NC3(C[OH2+])CC3)c21. The van der Waals surface area contributed by atoms with Crippen molar-refractivity contribution in [1.82, 2.24) is 9.97 Å². The molecule has 0 bridgehead atoms. The molecule has 1 saturated carbocycles. The highest BCUT2D eigenvalue weighted by molar-refractivity contribution is 7.85. The standard InChI is InChI=1S/C22H26N4O3S/c27-14-21(6-7-21)25-19-18-17(5-12-30(18)28)23-20(24-19)26-10-8-22(9-11-26)16-4-2-1-3-15(16)13-29-22/h1-4,27H,5-14H2,(H,23,24,25)/p+1. The van der Waals surface area contributed by atoms with Gasteiger partial charge >= 0.3 is 0 Å². The third kappa shape index (κ3) is 2.88. The van der Waals surface area contributed by atoms with Gasteiger partial charge in [0.2, 0.25) is 5.95 Å². The molecule has 158 valence electrons. The normalized spacial score (nSPS) is 25.2. The van der Waals surface area contributed by atoms with Crippen molar-refractivity contribution in [3.8, 4) is 0 Å². The van der Waals surface area contributed by atoms with Crippen LogP contribution in [-0.2, 0) is 34.2 Å². The van der Waals surface area contributed by atoms with E-state index in [9.17, 15) is 4.21 Å². The maximum absolute atomic E-state index is 12.6. The number of benzene rings is 1. The molecule has 8 heteroatoms. The molecule has 7 nitrogen and oxygen atoms in total. The highest BCUT2D eigenvalue weighted by Gasteiger charge is 2.47. The Morgan fingerprint density at radius 2 is 1.97 bits per heavy atom. The van der Waals surface area contributed by atoms with Gasteiger partial charge in [-0.15, -0.1) is 0 Å².